The van der Waals surface area contributed by atoms with Crippen molar-refractivity contribution in [2.75, 3.05) is 5.73 Å². The lowest BCUT2D eigenvalue weighted by atomic mass is 10.0. The zero-order valence-corrected chi connectivity index (χ0v) is 12.4. The van der Waals surface area contributed by atoms with Crippen LogP contribution in [0, 0.1) is 0 Å². The third kappa shape index (κ3) is 2.11. The maximum absolute atomic E-state index is 11.7. The highest BCUT2D eigenvalue weighted by atomic mass is 16.4. The van der Waals surface area contributed by atoms with Gasteiger partial charge in [-0.3, -0.25) is 0 Å². The Hall–Kier alpha value is -2.82. The van der Waals surface area contributed by atoms with Crippen LogP contribution in [0.25, 0.3) is 22.4 Å². The molecule has 0 saturated heterocycles. The number of nitrogens with two attached hydrogens (primary N) is 1. The van der Waals surface area contributed by atoms with E-state index >= 15 is 0 Å². The number of aromatic nitrogens is 2. The molecular weight excluding hydrogens is 278 g/mol. The summed E-state index contributed by atoms with van der Waals surface area (Å²) in [4.78, 5) is 16.4. The molecule has 0 bridgehead atoms. The second-order valence-electron chi connectivity index (χ2n) is 5.75. The monoisotopic (exact) mass is 295 g/mol. The average molecular weight is 295 g/mol. The zero-order valence-electron chi connectivity index (χ0n) is 12.4. The fourth-order valence-electron chi connectivity index (χ4n) is 2.56. The summed E-state index contributed by atoms with van der Waals surface area (Å²) in [5, 5.41) is 9.63. The fraction of sp³-hybridized carbons (Fsp3) is 0.176. The maximum Gasteiger partial charge on any atom is 0.329 e. The van der Waals surface area contributed by atoms with Crippen molar-refractivity contribution in [1.29, 1.82) is 0 Å². The molecule has 0 atom stereocenters. The minimum Gasteiger partial charge on any atom is -0.480 e. The highest BCUT2D eigenvalue weighted by Gasteiger charge is 2.33. The van der Waals surface area contributed by atoms with E-state index in [1.54, 1.807) is 30.5 Å². The molecule has 5 heteroatoms. The van der Waals surface area contributed by atoms with Crippen molar-refractivity contribution in [2.45, 2.75) is 19.4 Å². The van der Waals surface area contributed by atoms with Crippen molar-refractivity contribution in [3.05, 3.63) is 48.5 Å². The number of aliphatic carboxylic acids is 1. The van der Waals surface area contributed by atoms with Crippen LogP contribution in [-0.4, -0.2) is 20.6 Å². The largest absolute Gasteiger partial charge is 0.480 e. The first-order chi connectivity index (χ1) is 10.4. The zero-order chi connectivity index (χ0) is 15.9. The van der Waals surface area contributed by atoms with Gasteiger partial charge in [-0.1, -0.05) is 24.3 Å². The van der Waals surface area contributed by atoms with Gasteiger partial charge in [-0.05, 0) is 38.1 Å². The van der Waals surface area contributed by atoms with E-state index in [1.807, 2.05) is 36.4 Å². The lowest BCUT2D eigenvalue weighted by Crippen LogP contribution is -2.36. The van der Waals surface area contributed by atoms with Crippen LogP contribution in [-0.2, 0) is 10.3 Å². The summed E-state index contributed by atoms with van der Waals surface area (Å²) in [7, 11) is 0. The molecule has 5 nitrogen and oxygen atoms in total. The summed E-state index contributed by atoms with van der Waals surface area (Å²) in [5.41, 5.74) is 7.68. The van der Waals surface area contributed by atoms with Crippen molar-refractivity contribution < 1.29 is 9.90 Å². The van der Waals surface area contributed by atoms with Crippen LogP contribution in [0.2, 0.25) is 0 Å². The molecular formula is C17H17N3O2. The Bertz CT molecular complexity index is 865. The highest BCUT2D eigenvalue weighted by Crippen LogP contribution is 2.32. The van der Waals surface area contributed by atoms with E-state index in [-0.39, 0.29) is 0 Å². The van der Waals surface area contributed by atoms with Crippen LogP contribution in [0.1, 0.15) is 13.8 Å². The molecule has 0 fully saturated rings. The molecule has 0 spiro atoms. The van der Waals surface area contributed by atoms with Gasteiger partial charge in [-0.15, -0.1) is 0 Å². The van der Waals surface area contributed by atoms with Gasteiger partial charge in [0, 0.05) is 11.3 Å². The number of nitrogens with zero attached hydrogens (tertiary/aromatic N) is 2. The number of carbonyl (C=O) groups is 1. The van der Waals surface area contributed by atoms with Crippen LogP contribution in [0.15, 0.2) is 48.5 Å². The van der Waals surface area contributed by atoms with Crippen molar-refractivity contribution >= 4 is 22.7 Å². The van der Waals surface area contributed by atoms with Crippen LogP contribution in [0.5, 0.6) is 0 Å². The van der Waals surface area contributed by atoms with Crippen LogP contribution in [0.4, 0.5) is 5.69 Å². The summed E-state index contributed by atoms with van der Waals surface area (Å²) in [6.45, 7) is 3.33. The summed E-state index contributed by atoms with van der Waals surface area (Å²) in [5.74, 6) is -0.318. The van der Waals surface area contributed by atoms with Gasteiger partial charge < -0.3 is 15.4 Å². The van der Waals surface area contributed by atoms with Crippen LogP contribution in [0.3, 0.4) is 0 Å². The summed E-state index contributed by atoms with van der Waals surface area (Å²) < 4.78 is 1.75. The Labute approximate surface area is 128 Å². The predicted octanol–water partition coefficient (Wildman–Crippen LogP) is 3.11. The smallest absolute Gasteiger partial charge is 0.329 e. The molecule has 1 aromatic heterocycles. The van der Waals surface area contributed by atoms with Gasteiger partial charge in [0.25, 0.3) is 0 Å². The SMILES string of the molecule is CC(C)(C(=O)O)n1c(-c2cccc(N)c2)nc2ccccc21. The normalized spacial score (nSPS) is 11.7. The molecule has 112 valence electrons. The minimum atomic E-state index is -1.13. The predicted molar refractivity (Wildman–Crippen MR) is 86.5 cm³/mol. The number of fused-ring (bicyclic) bond motifs is 1. The molecule has 3 rings (SSSR count). The number of hydrogen-bond acceptors (Lipinski definition) is 3. The number of benzene rings is 2. The first-order valence-corrected chi connectivity index (χ1v) is 6.98. The number of imidazole rings is 1. The molecule has 0 radical (unpaired) electrons. The Balaban J connectivity index is 2.37. The van der Waals surface area contributed by atoms with Crippen LogP contribution < -0.4 is 5.73 Å². The van der Waals surface area contributed by atoms with Gasteiger partial charge in [0.05, 0.1) is 11.0 Å². The number of nitrogen functional groups attached to an aromatic ring is 1. The summed E-state index contributed by atoms with van der Waals surface area (Å²) in [6.07, 6.45) is 0. The molecule has 0 amide bonds. The van der Waals surface area contributed by atoms with Crippen molar-refractivity contribution in [1.82, 2.24) is 9.55 Å². The van der Waals surface area contributed by atoms with Gasteiger partial charge in [0.2, 0.25) is 0 Å². The third-order valence-electron chi connectivity index (χ3n) is 3.79. The second-order valence-corrected chi connectivity index (χ2v) is 5.75. The molecule has 2 aromatic carbocycles. The third-order valence-corrected chi connectivity index (χ3v) is 3.79. The average Bonchev–Trinajstić information content (AvgIpc) is 2.87. The first-order valence-electron chi connectivity index (χ1n) is 6.98. The lowest BCUT2D eigenvalue weighted by Gasteiger charge is -2.24. The number of anilines is 1. The van der Waals surface area contributed by atoms with Crippen LogP contribution >= 0.6 is 0 Å². The minimum absolute atomic E-state index is 0.598. The van der Waals surface area contributed by atoms with E-state index in [0.29, 0.717) is 11.5 Å². The Morgan fingerprint density at radius 2 is 1.91 bits per heavy atom. The first kappa shape index (κ1) is 14.1. The molecule has 22 heavy (non-hydrogen) atoms. The fourth-order valence-corrected chi connectivity index (χ4v) is 2.56. The van der Waals surface area contributed by atoms with Crippen molar-refractivity contribution in [2.24, 2.45) is 0 Å². The van der Waals surface area contributed by atoms with Crippen molar-refractivity contribution in [3.8, 4) is 11.4 Å². The van der Waals surface area contributed by atoms with E-state index in [1.165, 1.54) is 0 Å². The Kier molecular flexibility index (Phi) is 3.13. The molecule has 0 aliphatic carbocycles. The Morgan fingerprint density at radius 1 is 1.18 bits per heavy atom. The summed E-state index contributed by atoms with van der Waals surface area (Å²) in [6, 6.07) is 14.8. The number of hydrogen-bond donors (Lipinski definition) is 2. The molecule has 1 heterocycles. The van der Waals surface area contributed by atoms with Gasteiger partial charge in [0.15, 0.2) is 0 Å². The van der Waals surface area contributed by atoms with E-state index in [0.717, 1.165) is 16.6 Å². The number of carboxylic acids is 1. The van der Waals surface area contributed by atoms with Gasteiger partial charge in [-0.2, -0.15) is 0 Å². The molecule has 3 N–H and O–H groups in total. The molecule has 0 aliphatic heterocycles. The van der Waals surface area contributed by atoms with Gasteiger partial charge in [0.1, 0.15) is 11.4 Å². The molecule has 0 aliphatic rings. The van der Waals surface area contributed by atoms with E-state index in [4.69, 9.17) is 5.73 Å². The number of carboxylic acid groups (broad SMARTS) is 1. The van der Waals surface area contributed by atoms with E-state index in [2.05, 4.69) is 4.98 Å². The highest BCUT2D eigenvalue weighted by molar-refractivity contribution is 5.86. The standard InChI is InChI=1S/C17H17N3O2/c1-17(2,16(21)22)20-14-9-4-3-8-13(14)19-15(20)11-6-5-7-12(18)10-11/h3-10H,18H2,1-2H3,(H,21,22). The molecule has 3 aromatic rings. The quantitative estimate of drug-likeness (QED) is 0.727. The molecule has 0 unspecified atom stereocenters. The number of rotatable bonds is 3. The maximum atomic E-state index is 11.7. The summed E-state index contributed by atoms with van der Waals surface area (Å²) >= 11 is 0. The number of para-hydroxylation sites is 2. The molecule has 0 saturated carbocycles. The lowest BCUT2D eigenvalue weighted by molar-refractivity contribution is -0.145. The second kappa shape index (κ2) is 4.87. The van der Waals surface area contributed by atoms with Gasteiger partial charge in [-0.25, -0.2) is 9.78 Å². The van der Waals surface area contributed by atoms with Crippen molar-refractivity contribution in [3.63, 3.8) is 0 Å². The Morgan fingerprint density at radius 3 is 2.59 bits per heavy atom. The van der Waals surface area contributed by atoms with Gasteiger partial charge >= 0.3 is 5.97 Å². The topological polar surface area (TPSA) is 81.1 Å². The van der Waals surface area contributed by atoms with E-state index < -0.39 is 11.5 Å². The van der Waals surface area contributed by atoms with E-state index in [9.17, 15) is 9.90 Å².